The van der Waals surface area contributed by atoms with Gasteiger partial charge < -0.3 is 0 Å². The van der Waals surface area contributed by atoms with Gasteiger partial charge in [0.2, 0.25) is 5.78 Å². The number of hydrogen-bond acceptors (Lipinski definition) is 3. The number of halogens is 1. The molecule has 4 nitrogen and oxygen atoms in total. The molecular weight excluding hydrogens is 366 g/mol. The molecule has 0 radical (unpaired) electrons. The minimum Gasteiger partial charge on any atom is -0.295 e. The van der Waals surface area contributed by atoms with Crippen LogP contribution >= 0.6 is 15.9 Å². The number of ketones is 1. The van der Waals surface area contributed by atoms with Crippen molar-refractivity contribution in [2.75, 3.05) is 0 Å². The molecule has 116 valence electrons. The van der Waals surface area contributed by atoms with E-state index in [1.807, 2.05) is 59.1 Å². The van der Waals surface area contributed by atoms with Gasteiger partial charge in [-0.1, -0.05) is 36.4 Å². The summed E-state index contributed by atoms with van der Waals surface area (Å²) in [5, 5.41) is 0. The highest BCUT2D eigenvalue weighted by Crippen LogP contribution is 2.27. The van der Waals surface area contributed by atoms with Crippen molar-refractivity contribution in [1.82, 2.24) is 14.4 Å². The molecule has 0 bridgehead atoms. The number of fused-ring (bicyclic) bond motifs is 1. The van der Waals surface area contributed by atoms with Gasteiger partial charge in [0.15, 0.2) is 0 Å². The summed E-state index contributed by atoms with van der Waals surface area (Å²) in [6, 6.07) is 18.8. The van der Waals surface area contributed by atoms with Crippen molar-refractivity contribution in [3.8, 4) is 11.3 Å². The van der Waals surface area contributed by atoms with Gasteiger partial charge in [-0.3, -0.25) is 14.2 Å². The summed E-state index contributed by atoms with van der Waals surface area (Å²) in [4.78, 5) is 21.9. The van der Waals surface area contributed by atoms with Gasteiger partial charge in [0.05, 0.1) is 0 Å². The third-order valence-corrected chi connectivity index (χ3v) is 4.21. The highest BCUT2D eigenvalue weighted by molar-refractivity contribution is 9.10. The van der Waals surface area contributed by atoms with Crippen molar-refractivity contribution < 1.29 is 4.79 Å². The molecule has 0 amide bonds. The Morgan fingerprint density at radius 3 is 2.50 bits per heavy atom. The van der Waals surface area contributed by atoms with Crippen molar-refractivity contribution in [3.05, 3.63) is 88.9 Å². The fraction of sp³-hybridized carbons (Fsp3) is 0. The van der Waals surface area contributed by atoms with E-state index in [0.29, 0.717) is 17.1 Å². The van der Waals surface area contributed by atoms with Gasteiger partial charge in [-0.05, 0) is 40.2 Å². The summed E-state index contributed by atoms with van der Waals surface area (Å²) < 4.78 is 2.69. The molecule has 0 N–H and O–H groups in total. The molecule has 0 atom stereocenters. The first-order valence-corrected chi connectivity index (χ1v) is 8.22. The maximum Gasteiger partial charge on any atom is 0.230 e. The molecule has 3 aromatic heterocycles. The van der Waals surface area contributed by atoms with Gasteiger partial charge in [0, 0.05) is 22.4 Å². The quantitative estimate of drug-likeness (QED) is 0.497. The zero-order valence-electron chi connectivity index (χ0n) is 12.6. The lowest BCUT2D eigenvalue weighted by Gasteiger charge is -2.04. The van der Waals surface area contributed by atoms with Gasteiger partial charge in [0.25, 0.3) is 0 Å². The number of aromatic nitrogens is 3. The normalized spacial score (nSPS) is 10.9. The Morgan fingerprint density at radius 2 is 1.75 bits per heavy atom. The zero-order chi connectivity index (χ0) is 16.5. The van der Waals surface area contributed by atoms with E-state index in [4.69, 9.17) is 0 Å². The number of hydrogen-bond donors (Lipinski definition) is 0. The van der Waals surface area contributed by atoms with Crippen LogP contribution in [0.1, 0.15) is 16.2 Å². The second-order valence-corrected chi connectivity index (χ2v) is 6.21. The molecule has 0 aliphatic rings. The lowest BCUT2D eigenvalue weighted by Crippen LogP contribution is -2.08. The Balaban J connectivity index is 2.01. The van der Waals surface area contributed by atoms with E-state index >= 15 is 0 Å². The van der Waals surface area contributed by atoms with Crippen molar-refractivity contribution in [2.24, 2.45) is 0 Å². The van der Waals surface area contributed by atoms with Crippen LogP contribution in [0.15, 0.2) is 77.5 Å². The maximum atomic E-state index is 13.1. The number of carbonyl (C=O) groups excluding carboxylic acids is 1. The van der Waals surface area contributed by atoms with Crippen LogP contribution in [0.3, 0.4) is 0 Å². The molecule has 24 heavy (non-hydrogen) atoms. The van der Waals surface area contributed by atoms with E-state index in [1.54, 1.807) is 18.3 Å². The van der Waals surface area contributed by atoms with Crippen LogP contribution in [0.5, 0.6) is 0 Å². The fourth-order valence-electron chi connectivity index (χ4n) is 2.65. The lowest BCUT2D eigenvalue weighted by molar-refractivity contribution is 0.102. The van der Waals surface area contributed by atoms with Gasteiger partial charge in [-0.2, -0.15) is 0 Å². The summed E-state index contributed by atoms with van der Waals surface area (Å²) in [7, 11) is 0. The van der Waals surface area contributed by atoms with Crippen LogP contribution < -0.4 is 0 Å². The predicted molar refractivity (Wildman–Crippen MR) is 96.0 cm³/mol. The molecule has 4 aromatic rings. The Bertz CT molecular complexity index is 1030. The van der Waals surface area contributed by atoms with Crippen molar-refractivity contribution in [1.29, 1.82) is 0 Å². The summed E-state index contributed by atoms with van der Waals surface area (Å²) in [5.74, 6) is -0.153. The molecule has 0 aliphatic heterocycles. The Labute approximate surface area is 146 Å². The van der Waals surface area contributed by atoms with E-state index in [-0.39, 0.29) is 5.78 Å². The molecule has 3 heterocycles. The van der Waals surface area contributed by atoms with E-state index in [0.717, 1.165) is 15.7 Å². The van der Waals surface area contributed by atoms with Gasteiger partial charge in [-0.15, -0.1) is 0 Å². The molecule has 0 saturated heterocycles. The zero-order valence-corrected chi connectivity index (χ0v) is 14.1. The lowest BCUT2D eigenvalue weighted by atomic mass is 10.1. The van der Waals surface area contributed by atoms with Crippen LogP contribution in [0.2, 0.25) is 0 Å². The number of imidazole rings is 1. The number of carbonyl (C=O) groups is 1. The second-order valence-electron chi connectivity index (χ2n) is 5.29. The number of pyridine rings is 2. The summed E-state index contributed by atoms with van der Waals surface area (Å²) in [6.45, 7) is 0. The minimum atomic E-state index is -0.153. The van der Waals surface area contributed by atoms with Crippen LogP contribution in [0.4, 0.5) is 0 Å². The summed E-state index contributed by atoms with van der Waals surface area (Å²) >= 11 is 3.46. The van der Waals surface area contributed by atoms with E-state index < -0.39 is 0 Å². The van der Waals surface area contributed by atoms with E-state index in [9.17, 15) is 4.79 Å². The molecule has 4 rings (SSSR count). The van der Waals surface area contributed by atoms with Crippen LogP contribution in [-0.4, -0.2) is 20.2 Å². The standard InChI is InChI=1S/C19H12BrN3O/c20-14-9-10-16-22-17(13-6-2-1-3-7-13)18(23(16)12-14)19(24)15-8-4-5-11-21-15/h1-12H. The van der Waals surface area contributed by atoms with Crippen LogP contribution in [0, 0.1) is 0 Å². The predicted octanol–water partition coefficient (Wildman–Crippen LogP) is 4.39. The Hall–Kier alpha value is -2.79. The highest BCUT2D eigenvalue weighted by Gasteiger charge is 2.22. The topological polar surface area (TPSA) is 47.3 Å². The first kappa shape index (κ1) is 14.8. The first-order valence-electron chi connectivity index (χ1n) is 7.43. The number of benzene rings is 1. The van der Waals surface area contributed by atoms with Gasteiger partial charge >= 0.3 is 0 Å². The van der Waals surface area contributed by atoms with E-state index in [2.05, 4.69) is 25.9 Å². The summed E-state index contributed by atoms with van der Waals surface area (Å²) in [5.41, 5.74) is 3.19. The maximum absolute atomic E-state index is 13.1. The van der Waals surface area contributed by atoms with Gasteiger partial charge in [0.1, 0.15) is 22.7 Å². The molecule has 0 aliphatic carbocycles. The first-order chi connectivity index (χ1) is 11.7. The van der Waals surface area contributed by atoms with Crippen LogP contribution in [0.25, 0.3) is 16.9 Å². The van der Waals surface area contributed by atoms with Crippen molar-refractivity contribution >= 4 is 27.4 Å². The number of nitrogens with zero attached hydrogens (tertiary/aromatic N) is 3. The molecule has 0 unspecified atom stereocenters. The number of rotatable bonds is 3. The SMILES string of the molecule is O=C(c1ccccn1)c1c(-c2ccccc2)nc2ccc(Br)cn12. The highest BCUT2D eigenvalue weighted by atomic mass is 79.9. The van der Waals surface area contributed by atoms with Crippen molar-refractivity contribution in [3.63, 3.8) is 0 Å². The largest absolute Gasteiger partial charge is 0.295 e. The molecule has 5 heteroatoms. The average Bonchev–Trinajstić information content (AvgIpc) is 3.01. The van der Waals surface area contributed by atoms with Gasteiger partial charge in [-0.25, -0.2) is 4.98 Å². The van der Waals surface area contributed by atoms with Crippen LogP contribution in [-0.2, 0) is 0 Å². The van der Waals surface area contributed by atoms with Crippen molar-refractivity contribution in [2.45, 2.75) is 0 Å². The summed E-state index contributed by atoms with van der Waals surface area (Å²) in [6.07, 6.45) is 3.47. The van der Waals surface area contributed by atoms with E-state index in [1.165, 1.54) is 0 Å². The third-order valence-electron chi connectivity index (χ3n) is 3.74. The molecule has 0 saturated carbocycles. The Morgan fingerprint density at radius 1 is 0.958 bits per heavy atom. The fourth-order valence-corrected chi connectivity index (χ4v) is 2.99. The molecule has 0 spiro atoms. The smallest absolute Gasteiger partial charge is 0.230 e. The molecular formula is C19H12BrN3O. The average molecular weight is 378 g/mol. The third kappa shape index (κ3) is 2.53. The minimum absolute atomic E-state index is 0.153. The second kappa shape index (κ2) is 6.02. The molecule has 1 aromatic carbocycles. The Kier molecular flexibility index (Phi) is 3.70. The molecule has 0 fully saturated rings. The monoisotopic (exact) mass is 377 g/mol.